The monoisotopic (exact) mass is 462 g/mol. The van der Waals surface area contributed by atoms with Gasteiger partial charge in [0.25, 0.3) is 5.91 Å². The van der Waals surface area contributed by atoms with Gasteiger partial charge in [0.05, 0.1) is 15.1 Å². The molecule has 1 heterocycles. The largest absolute Gasteiger partial charge is 0.316 e. The first-order valence-corrected chi connectivity index (χ1v) is 13.6. The highest BCUT2D eigenvalue weighted by Gasteiger charge is 2.15. The standard InChI is InChI=1S/C22H26N2O3S3/c1-22(2,3)16-8-6-15(7-9-16)20(25)23-21-24(12-13-28-4)18-11-10-17(30(5,26)27)14-19(18)29-21/h6-11,14H,12-13H2,1-5H3. The number of aryl methyl sites for hydroxylation is 1. The molecule has 0 aliphatic rings. The molecule has 0 spiro atoms. The van der Waals surface area contributed by atoms with Crippen molar-refractivity contribution < 1.29 is 13.2 Å². The van der Waals surface area contributed by atoms with Gasteiger partial charge in [-0.15, -0.1) is 0 Å². The van der Waals surface area contributed by atoms with Gasteiger partial charge >= 0.3 is 0 Å². The molecule has 3 aromatic rings. The first-order chi connectivity index (χ1) is 14.0. The van der Waals surface area contributed by atoms with Crippen molar-refractivity contribution in [2.75, 3.05) is 18.3 Å². The third-order valence-electron chi connectivity index (χ3n) is 4.80. The summed E-state index contributed by atoms with van der Waals surface area (Å²) in [7, 11) is -3.30. The summed E-state index contributed by atoms with van der Waals surface area (Å²) in [4.78, 5) is 18.1. The zero-order chi connectivity index (χ0) is 22.1. The first kappa shape index (κ1) is 22.8. The molecule has 0 saturated carbocycles. The molecule has 0 fully saturated rings. The summed E-state index contributed by atoms with van der Waals surface area (Å²) >= 11 is 3.04. The number of aromatic nitrogens is 1. The predicted molar refractivity (Wildman–Crippen MR) is 126 cm³/mol. The number of benzene rings is 2. The highest BCUT2D eigenvalue weighted by molar-refractivity contribution is 7.98. The van der Waals surface area contributed by atoms with Gasteiger partial charge in [0.1, 0.15) is 0 Å². The number of nitrogens with zero attached hydrogens (tertiary/aromatic N) is 2. The molecule has 0 aliphatic heterocycles. The first-order valence-electron chi connectivity index (χ1n) is 9.53. The smallest absolute Gasteiger partial charge is 0.279 e. The lowest BCUT2D eigenvalue weighted by atomic mass is 9.87. The lowest BCUT2D eigenvalue weighted by Crippen LogP contribution is -2.18. The Morgan fingerprint density at radius 3 is 2.37 bits per heavy atom. The molecule has 30 heavy (non-hydrogen) atoms. The molecule has 0 aliphatic carbocycles. The normalized spacial score (nSPS) is 13.2. The van der Waals surface area contributed by atoms with Gasteiger partial charge in [-0.05, 0) is 47.6 Å². The van der Waals surface area contributed by atoms with Gasteiger partial charge in [0, 0.05) is 24.1 Å². The van der Waals surface area contributed by atoms with Crippen molar-refractivity contribution in [3.8, 4) is 0 Å². The molecular formula is C22H26N2O3S3. The summed E-state index contributed by atoms with van der Waals surface area (Å²) in [5, 5.41) is 0. The fraction of sp³-hybridized carbons (Fsp3) is 0.364. The Hall–Kier alpha value is -1.90. The summed E-state index contributed by atoms with van der Waals surface area (Å²) in [5.41, 5.74) is 2.59. The van der Waals surface area contributed by atoms with Crippen molar-refractivity contribution in [2.24, 2.45) is 4.99 Å². The molecule has 0 unspecified atom stereocenters. The summed E-state index contributed by atoms with van der Waals surface area (Å²) in [6, 6.07) is 12.6. The summed E-state index contributed by atoms with van der Waals surface area (Å²) < 4.78 is 26.6. The molecule has 5 nitrogen and oxygen atoms in total. The quantitative estimate of drug-likeness (QED) is 0.560. The van der Waals surface area contributed by atoms with E-state index in [1.54, 1.807) is 30.0 Å². The number of carbonyl (C=O) groups excluding carboxylic acids is 1. The van der Waals surface area contributed by atoms with Crippen molar-refractivity contribution in [2.45, 2.75) is 37.6 Å². The van der Waals surface area contributed by atoms with Gasteiger partial charge in [-0.25, -0.2) is 8.42 Å². The third-order valence-corrected chi connectivity index (χ3v) is 7.54. The maximum Gasteiger partial charge on any atom is 0.279 e. The number of amides is 1. The van der Waals surface area contributed by atoms with Gasteiger partial charge in [0.15, 0.2) is 14.6 Å². The van der Waals surface area contributed by atoms with Crippen LogP contribution in [0.5, 0.6) is 0 Å². The van der Waals surface area contributed by atoms with Crippen LogP contribution in [0.3, 0.4) is 0 Å². The number of fused-ring (bicyclic) bond motifs is 1. The van der Waals surface area contributed by atoms with E-state index in [0.717, 1.165) is 21.5 Å². The van der Waals surface area contributed by atoms with Crippen LogP contribution in [0.15, 0.2) is 52.4 Å². The second-order valence-electron chi connectivity index (χ2n) is 8.18. The predicted octanol–water partition coefficient (Wildman–Crippen LogP) is 4.51. The molecule has 1 aromatic heterocycles. The van der Waals surface area contributed by atoms with E-state index in [4.69, 9.17) is 0 Å². The average molecular weight is 463 g/mol. The number of carbonyl (C=O) groups is 1. The van der Waals surface area contributed by atoms with Gasteiger partial charge in [-0.2, -0.15) is 16.8 Å². The van der Waals surface area contributed by atoms with Crippen LogP contribution in [-0.4, -0.2) is 37.2 Å². The number of hydrogen-bond acceptors (Lipinski definition) is 5. The van der Waals surface area contributed by atoms with Crippen LogP contribution < -0.4 is 4.80 Å². The van der Waals surface area contributed by atoms with Crippen LogP contribution in [0.1, 0.15) is 36.7 Å². The lowest BCUT2D eigenvalue weighted by Gasteiger charge is -2.18. The van der Waals surface area contributed by atoms with E-state index >= 15 is 0 Å². The van der Waals surface area contributed by atoms with E-state index in [2.05, 4.69) is 25.8 Å². The van der Waals surface area contributed by atoms with Crippen molar-refractivity contribution in [3.05, 3.63) is 58.4 Å². The van der Waals surface area contributed by atoms with E-state index in [0.29, 0.717) is 16.9 Å². The molecule has 160 valence electrons. The molecule has 2 aromatic carbocycles. The Morgan fingerprint density at radius 2 is 1.80 bits per heavy atom. The number of hydrogen-bond donors (Lipinski definition) is 0. The molecular weight excluding hydrogens is 436 g/mol. The maximum absolute atomic E-state index is 12.8. The average Bonchev–Trinajstić information content (AvgIpc) is 3.01. The SMILES string of the molecule is CSCCn1c(=NC(=O)c2ccc(C(C)(C)C)cc2)sc2cc(S(C)(=O)=O)ccc21. The highest BCUT2D eigenvalue weighted by atomic mass is 32.2. The van der Waals surface area contributed by atoms with Crippen molar-refractivity contribution in [1.82, 2.24) is 4.57 Å². The Bertz CT molecular complexity index is 1250. The Kier molecular flexibility index (Phi) is 6.60. The van der Waals surface area contributed by atoms with Crippen molar-refractivity contribution in [3.63, 3.8) is 0 Å². The fourth-order valence-electron chi connectivity index (χ4n) is 3.03. The topological polar surface area (TPSA) is 68.5 Å². The number of rotatable bonds is 5. The summed E-state index contributed by atoms with van der Waals surface area (Å²) in [5.74, 6) is 0.560. The van der Waals surface area contributed by atoms with Gasteiger partial charge in [-0.3, -0.25) is 4.79 Å². The molecule has 0 radical (unpaired) electrons. The second-order valence-corrected chi connectivity index (χ2v) is 12.2. The van der Waals surface area contributed by atoms with Gasteiger partial charge < -0.3 is 4.57 Å². The van der Waals surface area contributed by atoms with Gasteiger partial charge in [-0.1, -0.05) is 44.2 Å². The van der Waals surface area contributed by atoms with Crippen LogP contribution >= 0.6 is 23.1 Å². The lowest BCUT2D eigenvalue weighted by molar-refractivity contribution is 0.0998. The van der Waals surface area contributed by atoms with E-state index in [9.17, 15) is 13.2 Å². The van der Waals surface area contributed by atoms with Crippen molar-refractivity contribution >= 4 is 49.1 Å². The fourth-order valence-corrected chi connectivity index (χ4v) is 5.21. The van der Waals surface area contributed by atoms with Crippen LogP contribution in [0, 0.1) is 0 Å². The van der Waals surface area contributed by atoms with Crippen LogP contribution in [-0.2, 0) is 21.8 Å². The minimum Gasteiger partial charge on any atom is -0.316 e. The molecule has 3 rings (SSSR count). The molecule has 0 saturated heterocycles. The zero-order valence-electron chi connectivity index (χ0n) is 17.8. The minimum absolute atomic E-state index is 0.0162. The van der Waals surface area contributed by atoms with Crippen molar-refractivity contribution in [1.29, 1.82) is 0 Å². The molecule has 0 bridgehead atoms. The van der Waals surface area contributed by atoms with Crippen LogP contribution in [0.2, 0.25) is 0 Å². The van der Waals surface area contributed by atoms with E-state index < -0.39 is 9.84 Å². The van der Waals surface area contributed by atoms with E-state index in [1.807, 2.05) is 35.1 Å². The maximum atomic E-state index is 12.8. The Balaban J connectivity index is 2.08. The minimum atomic E-state index is -3.30. The molecule has 1 amide bonds. The van der Waals surface area contributed by atoms with Gasteiger partial charge in [0.2, 0.25) is 0 Å². The summed E-state index contributed by atoms with van der Waals surface area (Å²) in [6.07, 6.45) is 3.22. The Labute approximate surface area is 185 Å². The van der Waals surface area contributed by atoms with E-state index in [-0.39, 0.29) is 16.2 Å². The summed E-state index contributed by atoms with van der Waals surface area (Å²) in [6.45, 7) is 7.08. The molecule has 0 atom stereocenters. The van der Waals surface area contributed by atoms with E-state index in [1.165, 1.54) is 17.6 Å². The van der Waals surface area contributed by atoms with Crippen LogP contribution in [0.25, 0.3) is 10.2 Å². The zero-order valence-corrected chi connectivity index (χ0v) is 20.2. The third kappa shape index (κ3) is 5.04. The number of thioether (sulfide) groups is 1. The Morgan fingerprint density at radius 1 is 1.13 bits per heavy atom. The second kappa shape index (κ2) is 8.69. The molecule has 8 heteroatoms. The number of thiazole rings is 1. The van der Waals surface area contributed by atoms with Crippen LogP contribution in [0.4, 0.5) is 0 Å². The molecule has 0 N–H and O–H groups in total. The number of sulfone groups is 1. The highest BCUT2D eigenvalue weighted by Crippen LogP contribution is 2.24.